The summed E-state index contributed by atoms with van der Waals surface area (Å²) in [5.74, 6) is -0.361. The van der Waals surface area contributed by atoms with Crippen LogP contribution in [0.25, 0.3) is 0 Å². The molecule has 7 nitrogen and oxygen atoms in total. The standard InChI is InChI=1S/C18H21N5O2S/c1-6-14-11(3)16(8-9-17(14)23(7-2)25-13(5)24)20-21-18-15(10-19)12(4)22-26-18/h8-9H,6-7H2,1-5H3. The van der Waals surface area contributed by atoms with Crippen molar-refractivity contribution in [1.82, 2.24) is 4.37 Å². The summed E-state index contributed by atoms with van der Waals surface area (Å²) in [6.45, 7) is 9.61. The molecule has 0 amide bonds. The molecular formula is C18H21N5O2S. The number of nitrogens with zero attached hydrogens (tertiary/aromatic N) is 5. The van der Waals surface area contributed by atoms with E-state index in [1.165, 1.54) is 6.92 Å². The zero-order valence-corrected chi connectivity index (χ0v) is 16.3. The van der Waals surface area contributed by atoms with Gasteiger partial charge in [-0.3, -0.25) is 4.79 Å². The highest BCUT2D eigenvalue weighted by molar-refractivity contribution is 7.10. The first-order valence-corrected chi connectivity index (χ1v) is 9.06. The van der Waals surface area contributed by atoms with E-state index in [4.69, 9.17) is 4.84 Å². The van der Waals surface area contributed by atoms with Crippen LogP contribution in [0.5, 0.6) is 0 Å². The molecule has 0 bridgehead atoms. The maximum absolute atomic E-state index is 11.3. The lowest BCUT2D eigenvalue weighted by Crippen LogP contribution is -2.26. The van der Waals surface area contributed by atoms with Gasteiger partial charge in [0.15, 0.2) is 5.00 Å². The minimum Gasteiger partial charge on any atom is -0.341 e. The topological polar surface area (TPSA) is 90.9 Å². The van der Waals surface area contributed by atoms with Crippen molar-refractivity contribution < 1.29 is 9.63 Å². The van der Waals surface area contributed by atoms with Crippen LogP contribution in [-0.4, -0.2) is 16.9 Å². The number of aryl methyl sites for hydroxylation is 1. The number of carbonyl (C=O) groups is 1. The van der Waals surface area contributed by atoms with Crippen molar-refractivity contribution in [2.24, 2.45) is 10.2 Å². The Bertz CT molecular complexity index is 882. The van der Waals surface area contributed by atoms with E-state index in [2.05, 4.69) is 20.7 Å². The van der Waals surface area contributed by atoms with Gasteiger partial charge >= 0.3 is 5.97 Å². The van der Waals surface area contributed by atoms with Gasteiger partial charge in [-0.15, -0.1) is 10.2 Å². The number of anilines is 1. The highest BCUT2D eigenvalue weighted by Crippen LogP contribution is 2.34. The predicted molar refractivity (Wildman–Crippen MR) is 101 cm³/mol. The maximum atomic E-state index is 11.3. The summed E-state index contributed by atoms with van der Waals surface area (Å²) < 4.78 is 4.14. The zero-order valence-electron chi connectivity index (χ0n) is 15.5. The van der Waals surface area contributed by atoms with Crippen molar-refractivity contribution in [2.45, 2.75) is 41.0 Å². The number of rotatable bonds is 6. The molecule has 26 heavy (non-hydrogen) atoms. The van der Waals surface area contributed by atoms with E-state index < -0.39 is 0 Å². The maximum Gasteiger partial charge on any atom is 0.329 e. The first kappa shape index (κ1) is 19.5. The van der Waals surface area contributed by atoms with Crippen LogP contribution >= 0.6 is 11.5 Å². The molecule has 0 unspecified atom stereocenters. The van der Waals surface area contributed by atoms with E-state index >= 15 is 0 Å². The Morgan fingerprint density at radius 2 is 2.08 bits per heavy atom. The molecule has 1 heterocycles. The Morgan fingerprint density at radius 3 is 2.65 bits per heavy atom. The highest BCUT2D eigenvalue weighted by Gasteiger charge is 2.16. The molecule has 0 radical (unpaired) electrons. The average Bonchev–Trinajstić information content (AvgIpc) is 2.97. The summed E-state index contributed by atoms with van der Waals surface area (Å²) in [6.07, 6.45) is 0.755. The van der Waals surface area contributed by atoms with Gasteiger partial charge in [0.2, 0.25) is 0 Å². The second-order valence-electron chi connectivity index (χ2n) is 5.60. The number of benzene rings is 1. The van der Waals surface area contributed by atoms with Crippen molar-refractivity contribution in [2.75, 3.05) is 11.6 Å². The van der Waals surface area contributed by atoms with Gasteiger partial charge in [-0.1, -0.05) is 6.92 Å². The van der Waals surface area contributed by atoms with Crippen LogP contribution in [0.2, 0.25) is 0 Å². The fourth-order valence-corrected chi connectivity index (χ4v) is 3.29. The molecule has 1 aromatic heterocycles. The van der Waals surface area contributed by atoms with Crippen molar-refractivity contribution in [3.8, 4) is 6.07 Å². The van der Waals surface area contributed by atoms with E-state index in [0.29, 0.717) is 28.5 Å². The van der Waals surface area contributed by atoms with Gasteiger partial charge in [0.05, 0.1) is 23.6 Å². The van der Waals surface area contributed by atoms with Crippen molar-refractivity contribution in [1.29, 1.82) is 5.26 Å². The van der Waals surface area contributed by atoms with Crippen LogP contribution in [0.4, 0.5) is 16.4 Å². The van der Waals surface area contributed by atoms with Crippen LogP contribution < -0.4 is 5.06 Å². The quantitative estimate of drug-likeness (QED) is 0.531. The lowest BCUT2D eigenvalue weighted by molar-refractivity contribution is -0.142. The Kier molecular flexibility index (Phi) is 6.41. The predicted octanol–water partition coefficient (Wildman–Crippen LogP) is 4.91. The van der Waals surface area contributed by atoms with E-state index in [9.17, 15) is 10.1 Å². The SMILES string of the molecule is CCc1c(N(CC)OC(C)=O)ccc(N=Nc2snc(C)c2C#N)c1C. The van der Waals surface area contributed by atoms with Gasteiger partial charge in [0.25, 0.3) is 0 Å². The Hall–Kier alpha value is -2.79. The molecule has 0 aliphatic rings. The summed E-state index contributed by atoms with van der Waals surface area (Å²) in [5.41, 5.74) is 4.65. The molecule has 0 N–H and O–H groups in total. The van der Waals surface area contributed by atoms with Gasteiger partial charge in [-0.25, -0.2) is 5.06 Å². The molecule has 136 valence electrons. The molecule has 0 saturated carbocycles. The lowest BCUT2D eigenvalue weighted by atomic mass is 10.0. The highest BCUT2D eigenvalue weighted by atomic mass is 32.1. The van der Waals surface area contributed by atoms with Crippen LogP contribution in [0, 0.1) is 25.2 Å². The number of hydrogen-bond acceptors (Lipinski definition) is 8. The fraction of sp³-hybridized carbons (Fsp3) is 0.389. The normalized spacial score (nSPS) is 10.8. The summed E-state index contributed by atoms with van der Waals surface area (Å²) >= 11 is 1.16. The molecule has 1 aromatic carbocycles. The molecular weight excluding hydrogens is 350 g/mol. The van der Waals surface area contributed by atoms with E-state index in [1.54, 1.807) is 12.0 Å². The minimum atomic E-state index is -0.361. The largest absolute Gasteiger partial charge is 0.341 e. The number of hydrogen-bond donors (Lipinski definition) is 0. The molecule has 0 saturated heterocycles. The monoisotopic (exact) mass is 371 g/mol. The third-order valence-electron chi connectivity index (χ3n) is 3.90. The number of azo groups is 1. The third kappa shape index (κ3) is 4.06. The van der Waals surface area contributed by atoms with E-state index in [1.807, 2.05) is 32.9 Å². The van der Waals surface area contributed by atoms with Gasteiger partial charge in [0, 0.05) is 6.92 Å². The summed E-state index contributed by atoms with van der Waals surface area (Å²) in [4.78, 5) is 16.6. The Morgan fingerprint density at radius 1 is 1.35 bits per heavy atom. The number of carbonyl (C=O) groups excluding carboxylic acids is 1. The second-order valence-corrected chi connectivity index (χ2v) is 6.35. The fourth-order valence-electron chi connectivity index (χ4n) is 2.61. The molecule has 0 aliphatic heterocycles. The van der Waals surface area contributed by atoms with Crippen molar-refractivity contribution in [3.63, 3.8) is 0 Å². The first-order chi connectivity index (χ1) is 12.4. The molecule has 0 spiro atoms. The smallest absolute Gasteiger partial charge is 0.329 e. The molecule has 2 aromatic rings. The van der Waals surface area contributed by atoms with Crippen LogP contribution in [0.3, 0.4) is 0 Å². The number of nitriles is 1. The second kappa shape index (κ2) is 8.54. The number of hydroxylamine groups is 1. The van der Waals surface area contributed by atoms with Crippen LogP contribution in [0.15, 0.2) is 22.4 Å². The lowest BCUT2D eigenvalue weighted by Gasteiger charge is -2.24. The van der Waals surface area contributed by atoms with E-state index in [-0.39, 0.29) is 5.97 Å². The van der Waals surface area contributed by atoms with Crippen LogP contribution in [0.1, 0.15) is 43.2 Å². The van der Waals surface area contributed by atoms with Gasteiger partial charge < -0.3 is 4.84 Å². The average molecular weight is 371 g/mol. The Balaban J connectivity index is 2.41. The third-order valence-corrected chi connectivity index (χ3v) is 4.72. The molecule has 0 fully saturated rings. The van der Waals surface area contributed by atoms with Gasteiger partial charge in [-0.05, 0) is 62.0 Å². The molecule has 0 aliphatic carbocycles. The van der Waals surface area contributed by atoms with E-state index in [0.717, 1.165) is 34.8 Å². The summed E-state index contributed by atoms with van der Waals surface area (Å²) in [5, 5.41) is 19.8. The zero-order chi connectivity index (χ0) is 19.3. The molecule has 2 rings (SSSR count). The van der Waals surface area contributed by atoms with Crippen molar-refractivity contribution >= 4 is 33.9 Å². The Labute approximate surface area is 157 Å². The first-order valence-electron chi connectivity index (χ1n) is 8.29. The summed E-state index contributed by atoms with van der Waals surface area (Å²) in [6, 6.07) is 5.81. The minimum absolute atomic E-state index is 0.361. The molecule has 0 atom stereocenters. The summed E-state index contributed by atoms with van der Waals surface area (Å²) in [7, 11) is 0. The van der Waals surface area contributed by atoms with Crippen LogP contribution in [-0.2, 0) is 16.1 Å². The molecule has 8 heteroatoms. The van der Waals surface area contributed by atoms with Crippen molar-refractivity contribution in [3.05, 3.63) is 34.5 Å². The van der Waals surface area contributed by atoms with Gasteiger partial charge in [0.1, 0.15) is 11.6 Å². The number of aromatic nitrogens is 1. The van der Waals surface area contributed by atoms with Gasteiger partial charge in [-0.2, -0.15) is 9.64 Å².